The standard InChI is InChI=1S/C75H92N4O12.C3H8.CH4/c1-16-85-65(81)42-89-68-49-26-46(6)27-50(68)30-52-34-58(74(10,11)12)37-55(70(52)90-43-66(82)86-17-2)32-56-38-59(75(13,14)15)36-54(71(56)91-44-67(83)87-18-3)31-53-35-57(73(7,8)9)33-51(29-49)69(53)88-41-64(80)78-61-23-21-48-28-47-20-22-60(39-62(47)79-63(48)40-61)76-24-19-25-77-72(84)45(4)5;1-3-2;/h20-23,26-28,33-40,45,76H,16-19,24-25,29-32,41-44H2,1-15H3,(H,77,84)(H,78,80);3H2,1-2H3;1H4. The van der Waals surface area contributed by atoms with Crippen LogP contribution in [0, 0.1) is 12.8 Å². The number of nitrogens with zero attached hydrogens (tertiary/aromatic N) is 1. The molecule has 0 unspecified atom stereocenters. The predicted octanol–water partition coefficient (Wildman–Crippen LogP) is 15.7. The van der Waals surface area contributed by atoms with E-state index in [0.29, 0.717) is 47.3 Å². The van der Waals surface area contributed by atoms with Crippen molar-refractivity contribution in [2.75, 3.05) is 70.0 Å². The highest BCUT2D eigenvalue weighted by molar-refractivity contribution is 5.98. The monoisotopic (exact) mass is 1300 g/mol. The first kappa shape index (κ1) is 75.4. The van der Waals surface area contributed by atoms with Crippen LogP contribution >= 0.6 is 0 Å². The van der Waals surface area contributed by atoms with Gasteiger partial charge in [-0.15, -0.1) is 0 Å². The second-order valence-electron chi connectivity index (χ2n) is 27.6. The van der Waals surface area contributed by atoms with Gasteiger partial charge in [0.05, 0.1) is 30.9 Å². The zero-order valence-electron chi connectivity index (χ0n) is 58.7. The molecule has 2 amide bonds. The Kier molecular flexibility index (Phi) is 26.7. The van der Waals surface area contributed by atoms with E-state index in [1.165, 1.54) is 6.42 Å². The zero-order chi connectivity index (χ0) is 68.7. The van der Waals surface area contributed by atoms with Gasteiger partial charge in [0.1, 0.15) is 23.0 Å². The Morgan fingerprint density at radius 2 is 0.800 bits per heavy atom. The lowest BCUT2D eigenvalue weighted by Gasteiger charge is -2.28. The van der Waals surface area contributed by atoms with E-state index in [1.54, 1.807) is 20.8 Å². The third kappa shape index (κ3) is 20.9. The first-order valence-corrected chi connectivity index (χ1v) is 33.3. The lowest BCUT2D eigenvalue weighted by Crippen LogP contribution is -2.29. The Bertz CT molecular complexity index is 3850. The van der Waals surface area contributed by atoms with Crippen LogP contribution in [0.3, 0.4) is 0 Å². The van der Waals surface area contributed by atoms with Crippen molar-refractivity contribution in [1.82, 2.24) is 10.3 Å². The second-order valence-corrected chi connectivity index (χ2v) is 27.6. The van der Waals surface area contributed by atoms with Gasteiger partial charge in [0, 0.05) is 66.8 Å². The van der Waals surface area contributed by atoms with Crippen LogP contribution in [-0.4, -0.2) is 94.0 Å². The average Bonchev–Trinajstić information content (AvgIpc) is 0.774. The van der Waals surface area contributed by atoms with Crippen molar-refractivity contribution in [3.63, 3.8) is 0 Å². The van der Waals surface area contributed by atoms with Gasteiger partial charge >= 0.3 is 17.9 Å². The smallest absolute Gasteiger partial charge is 0.344 e. The van der Waals surface area contributed by atoms with Gasteiger partial charge in [0.2, 0.25) is 5.91 Å². The van der Waals surface area contributed by atoms with Gasteiger partial charge < -0.3 is 49.1 Å². The van der Waals surface area contributed by atoms with Crippen molar-refractivity contribution in [2.24, 2.45) is 5.92 Å². The lowest BCUT2D eigenvalue weighted by molar-refractivity contribution is -0.146. The number of benzene rings is 6. The van der Waals surface area contributed by atoms with E-state index < -0.39 is 29.2 Å². The molecule has 8 bridgehead atoms. The summed E-state index contributed by atoms with van der Waals surface area (Å²) in [5.74, 6) is -0.125. The summed E-state index contributed by atoms with van der Waals surface area (Å²) in [4.78, 5) is 71.6. The fourth-order valence-electron chi connectivity index (χ4n) is 11.2. The van der Waals surface area contributed by atoms with Gasteiger partial charge in [0.25, 0.3) is 5.91 Å². The highest BCUT2D eigenvalue weighted by atomic mass is 16.6. The minimum atomic E-state index is -0.531. The number of ether oxygens (including phenoxy) is 7. The maximum Gasteiger partial charge on any atom is 0.344 e. The number of esters is 3. The van der Waals surface area contributed by atoms with Crippen molar-refractivity contribution in [3.05, 3.63) is 158 Å². The van der Waals surface area contributed by atoms with Gasteiger partial charge in [-0.3, -0.25) is 9.59 Å². The van der Waals surface area contributed by atoms with Crippen LogP contribution in [-0.2, 0) is 80.1 Å². The number of aromatic nitrogens is 1. The zero-order valence-corrected chi connectivity index (χ0v) is 58.7. The van der Waals surface area contributed by atoms with E-state index in [2.05, 4.69) is 141 Å². The maximum atomic E-state index is 14.5. The summed E-state index contributed by atoms with van der Waals surface area (Å²) >= 11 is 0. The maximum absolute atomic E-state index is 14.5. The number of carbonyl (C=O) groups is 5. The Hall–Kier alpha value is -8.66. The van der Waals surface area contributed by atoms with E-state index in [-0.39, 0.29) is 102 Å². The van der Waals surface area contributed by atoms with Crippen LogP contribution in [0.1, 0.15) is 198 Å². The molecule has 0 atom stereocenters. The number of amides is 2. The van der Waals surface area contributed by atoms with Crippen LogP contribution in [0.25, 0.3) is 21.8 Å². The van der Waals surface area contributed by atoms with E-state index in [4.69, 9.17) is 38.1 Å². The highest BCUT2D eigenvalue weighted by Crippen LogP contribution is 2.44. The lowest BCUT2D eigenvalue weighted by atomic mass is 9.80. The second kappa shape index (κ2) is 33.6. The Morgan fingerprint density at radius 3 is 1.15 bits per heavy atom. The van der Waals surface area contributed by atoms with Crippen molar-refractivity contribution in [1.29, 1.82) is 0 Å². The molecule has 1 aromatic heterocycles. The summed E-state index contributed by atoms with van der Waals surface area (Å²) in [6, 6.07) is 30.6. The van der Waals surface area contributed by atoms with Crippen LogP contribution in [0.4, 0.5) is 11.4 Å². The summed E-state index contributed by atoms with van der Waals surface area (Å²) in [5, 5.41) is 11.4. The van der Waals surface area contributed by atoms with Gasteiger partial charge in [-0.2, -0.15) is 0 Å². The fraction of sp³-hybridized carbons (Fsp3) is 0.468. The first-order valence-electron chi connectivity index (χ1n) is 33.3. The quantitative estimate of drug-likeness (QED) is 0.0251. The topological polar surface area (TPSA) is 199 Å². The molecule has 0 fully saturated rings. The van der Waals surface area contributed by atoms with E-state index >= 15 is 0 Å². The molecular formula is C79H104N4O12. The number of hydrogen-bond donors (Lipinski definition) is 3. The molecule has 0 radical (unpaired) electrons. The number of rotatable bonds is 22. The minimum absolute atomic E-state index is 0. The molecule has 0 saturated carbocycles. The molecule has 16 heteroatoms. The normalized spacial score (nSPS) is 12.1. The number of nitrogens with one attached hydrogen (secondary N) is 3. The number of pyridine rings is 1. The summed E-state index contributed by atoms with van der Waals surface area (Å²) in [6.45, 7) is 34.9. The molecule has 0 spiro atoms. The summed E-state index contributed by atoms with van der Waals surface area (Å²) in [5.41, 5.74) is 11.8. The third-order valence-electron chi connectivity index (χ3n) is 15.9. The number of anilines is 2. The molecule has 95 heavy (non-hydrogen) atoms. The number of carbonyl (C=O) groups excluding carboxylic acids is 5. The largest absolute Gasteiger partial charge is 0.483 e. The Labute approximate surface area is 564 Å². The molecular weight excluding hydrogens is 1200 g/mol. The van der Waals surface area contributed by atoms with Crippen molar-refractivity contribution in [2.45, 2.75) is 180 Å². The van der Waals surface area contributed by atoms with Crippen molar-refractivity contribution < 1.29 is 57.1 Å². The molecule has 8 rings (SSSR count). The van der Waals surface area contributed by atoms with Gasteiger partial charge in [-0.05, 0) is 142 Å². The van der Waals surface area contributed by atoms with E-state index in [1.807, 2.05) is 63.2 Å². The van der Waals surface area contributed by atoms with E-state index in [0.717, 1.165) is 95.2 Å². The van der Waals surface area contributed by atoms with E-state index in [9.17, 15) is 24.0 Å². The number of aryl methyl sites for hydroxylation is 1. The van der Waals surface area contributed by atoms with Crippen LogP contribution in [0.5, 0.6) is 23.0 Å². The van der Waals surface area contributed by atoms with Crippen LogP contribution < -0.4 is 34.9 Å². The molecule has 6 aromatic carbocycles. The number of hydrogen-bond acceptors (Lipinski definition) is 14. The van der Waals surface area contributed by atoms with Gasteiger partial charge in [-0.25, -0.2) is 19.4 Å². The molecule has 0 saturated heterocycles. The summed E-state index contributed by atoms with van der Waals surface area (Å²) in [7, 11) is 0. The highest BCUT2D eigenvalue weighted by Gasteiger charge is 2.30. The van der Waals surface area contributed by atoms with Gasteiger partial charge in [0.15, 0.2) is 26.4 Å². The molecule has 7 aromatic rings. The molecule has 1 aliphatic rings. The third-order valence-corrected chi connectivity index (χ3v) is 15.9. The predicted molar refractivity (Wildman–Crippen MR) is 381 cm³/mol. The Balaban J connectivity index is 0.00000350. The van der Waals surface area contributed by atoms with Crippen LogP contribution in [0.2, 0.25) is 0 Å². The SMILES string of the molecule is C.CCC.CCOC(=O)COc1c2cc(C)cc1Cc1cc(C(C)(C)C)cc(c1OCC(=O)OCC)Cc1cc(C(C)(C)C)cc(c1OCC(=O)OCC)Cc1cc(C(C)(C)C)cc(c1OCC(=O)Nc1ccc3cc4ccc(NCCCNC(=O)C(C)C)cc4nc3c1)C2. The van der Waals surface area contributed by atoms with Crippen molar-refractivity contribution in [3.8, 4) is 23.0 Å². The summed E-state index contributed by atoms with van der Waals surface area (Å²) in [6.07, 6.45) is 2.96. The number of fused-ring (bicyclic) bond motifs is 10. The molecule has 16 nitrogen and oxygen atoms in total. The van der Waals surface area contributed by atoms with Crippen LogP contribution in [0.15, 0.2) is 91.0 Å². The van der Waals surface area contributed by atoms with Gasteiger partial charge in [-0.1, -0.05) is 170 Å². The summed E-state index contributed by atoms with van der Waals surface area (Å²) < 4.78 is 43.4. The molecule has 1 aliphatic carbocycles. The molecule has 1 heterocycles. The Morgan fingerprint density at radius 1 is 0.463 bits per heavy atom. The molecule has 0 aliphatic heterocycles. The minimum Gasteiger partial charge on any atom is -0.483 e. The molecule has 3 N–H and O–H groups in total. The average molecular weight is 1300 g/mol. The van der Waals surface area contributed by atoms with Crippen molar-refractivity contribution >= 4 is 62.9 Å². The first-order chi connectivity index (χ1) is 44.5. The molecule has 512 valence electrons. The fourth-order valence-corrected chi connectivity index (χ4v) is 11.2.